The van der Waals surface area contributed by atoms with E-state index < -0.39 is 12.1 Å². The number of hydrogen-bond acceptors (Lipinski definition) is 6. The fourth-order valence-electron chi connectivity index (χ4n) is 2.78. The molecule has 0 saturated heterocycles. The van der Waals surface area contributed by atoms with Crippen molar-refractivity contribution in [3.63, 3.8) is 0 Å². The van der Waals surface area contributed by atoms with Crippen molar-refractivity contribution in [3.05, 3.63) is 77.3 Å². The highest BCUT2D eigenvalue weighted by atomic mass is 16.6. The lowest BCUT2D eigenvalue weighted by Gasteiger charge is -2.07. The summed E-state index contributed by atoms with van der Waals surface area (Å²) < 4.78 is 11.1. The van der Waals surface area contributed by atoms with Gasteiger partial charge >= 0.3 is 5.97 Å². The maximum absolute atomic E-state index is 12.5. The number of rotatable bonds is 5. The Morgan fingerprint density at radius 1 is 0.966 bits per heavy atom. The first-order valence-corrected chi connectivity index (χ1v) is 9.23. The first kappa shape index (κ1) is 18.6. The van der Waals surface area contributed by atoms with Gasteiger partial charge in [-0.25, -0.2) is 4.79 Å². The van der Waals surface area contributed by atoms with Gasteiger partial charge in [0, 0.05) is 11.1 Å². The molecule has 0 aliphatic carbocycles. The monoisotopic (exact) mass is 388 g/mol. The summed E-state index contributed by atoms with van der Waals surface area (Å²) in [6, 6.07) is 17.3. The molecule has 0 spiro atoms. The predicted molar refractivity (Wildman–Crippen MR) is 107 cm³/mol. The number of benzene rings is 2. The Bertz CT molecular complexity index is 1130. The van der Waals surface area contributed by atoms with Gasteiger partial charge in [0.05, 0.1) is 5.69 Å². The molecule has 4 rings (SSSR count). The van der Waals surface area contributed by atoms with E-state index in [9.17, 15) is 4.79 Å². The first-order chi connectivity index (χ1) is 14.0. The zero-order chi connectivity index (χ0) is 20.4. The number of ether oxygens (including phenoxy) is 1. The van der Waals surface area contributed by atoms with Crippen LogP contribution in [0.3, 0.4) is 0 Å². The largest absolute Gasteiger partial charge is 0.448 e. The quantitative estimate of drug-likeness (QED) is 0.500. The standard InChI is InChI=1S/C22H20N4O3/c1-13-4-8-16(9-5-13)18-12-19(24-23-18)22(27)28-15(3)20-25-26-21(29-20)17-10-6-14(2)7-11-17/h4-12,15H,1-3H3,(H,23,24)/t15-/m0/s1. The fourth-order valence-corrected chi connectivity index (χ4v) is 2.78. The van der Waals surface area contributed by atoms with E-state index in [0.29, 0.717) is 11.6 Å². The Labute approximate surface area is 167 Å². The second kappa shape index (κ2) is 7.71. The zero-order valence-electron chi connectivity index (χ0n) is 16.3. The molecule has 0 amide bonds. The van der Waals surface area contributed by atoms with Crippen molar-refractivity contribution in [2.75, 3.05) is 0 Å². The van der Waals surface area contributed by atoms with Crippen molar-refractivity contribution in [2.45, 2.75) is 26.9 Å². The van der Waals surface area contributed by atoms with Crippen LogP contribution in [0.25, 0.3) is 22.7 Å². The summed E-state index contributed by atoms with van der Waals surface area (Å²) in [6.45, 7) is 5.70. The van der Waals surface area contributed by atoms with E-state index in [4.69, 9.17) is 9.15 Å². The fraction of sp³-hybridized carbons (Fsp3) is 0.182. The van der Waals surface area contributed by atoms with Crippen LogP contribution >= 0.6 is 0 Å². The molecule has 0 saturated carbocycles. The minimum absolute atomic E-state index is 0.229. The molecule has 2 heterocycles. The zero-order valence-corrected chi connectivity index (χ0v) is 16.3. The molecule has 146 valence electrons. The number of H-pyrrole nitrogens is 1. The van der Waals surface area contributed by atoms with Crippen LogP contribution < -0.4 is 0 Å². The molecular weight excluding hydrogens is 368 g/mol. The second-order valence-electron chi connectivity index (χ2n) is 6.89. The second-order valence-corrected chi connectivity index (χ2v) is 6.89. The van der Waals surface area contributed by atoms with Crippen LogP contribution in [0.15, 0.2) is 59.0 Å². The van der Waals surface area contributed by atoms with Gasteiger partial charge in [0.15, 0.2) is 6.10 Å². The summed E-state index contributed by atoms with van der Waals surface area (Å²) in [6.07, 6.45) is -0.694. The van der Waals surface area contributed by atoms with Crippen LogP contribution in [0.4, 0.5) is 0 Å². The average Bonchev–Trinajstić information content (AvgIpc) is 3.39. The third kappa shape index (κ3) is 4.08. The Hall–Kier alpha value is -3.74. The Morgan fingerprint density at radius 2 is 1.59 bits per heavy atom. The maximum atomic E-state index is 12.5. The molecule has 29 heavy (non-hydrogen) atoms. The van der Waals surface area contributed by atoms with Gasteiger partial charge in [-0.05, 0) is 39.0 Å². The molecule has 0 fully saturated rings. The third-order valence-electron chi connectivity index (χ3n) is 4.52. The Morgan fingerprint density at radius 3 is 2.24 bits per heavy atom. The van der Waals surface area contributed by atoms with Crippen molar-refractivity contribution in [1.82, 2.24) is 20.4 Å². The molecule has 1 N–H and O–H groups in total. The SMILES string of the molecule is Cc1ccc(-c2cc(C(=O)O[C@@H](C)c3nnc(-c4ccc(C)cc4)o3)[nH]n2)cc1. The minimum Gasteiger partial charge on any atom is -0.448 e. The van der Waals surface area contributed by atoms with Crippen molar-refractivity contribution in [1.29, 1.82) is 0 Å². The van der Waals surface area contributed by atoms with Gasteiger partial charge in [-0.3, -0.25) is 5.10 Å². The third-order valence-corrected chi connectivity index (χ3v) is 4.52. The molecule has 0 unspecified atom stereocenters. The summed E-state index contributed by atoms with van der Waals surface area (Å²) in [5.74, 6) is 0.0664. The van der Waals surface area contributed by atoms with E-state index in [1.165, 1.54) is 0 Å². The van der Waals surface area contributed by atoms with Crippen LogP contribution in [0.2, 0.25) is 0 Å². The molecule has 0 aliphatic heterocycles. The van der Waals surface area contributed by atoms with Crippen LogP contribution in [0.5, 0.6) is 0 Å². The minimum atomic E-state index is -0.694. The van der Waals surface area contributed by atoms with Gasteiger partial charge in [0.1, 0.15) is 5.69 Å². The predicted octanol–water partition coefficient (Wildman–Crippen LogP) is 4.66. The van der Waals surface area contributed by atoms with E-state index in [1.807, 2.05) is 62.4 Å². The molecule has 0 bridgehead atoms. The molecule has 0 radical (unpaired) electrons. The molecular formula is C22H20N4O3. The van der Waals surface area contributed by atoms with Crippen LogP contribution in [-0.2, 0) is 4.74 Å². The highest BCUT2D eigenvalue weighted by Crippen LogP contribution is 2.24. The smallest absolute Gasteiger partial charge is 0.357 e. The van der Waals surface area contributed by atoms with Crippen LogP contribution in [0.1, 0.15) is 40.5 Å². The number of aryl methyl sites for hydroxylation is 2. The first-order valence-electron chi connectivity index (χ1n) is 9.23. The number of aromatic amines is 1. The number of carbonyl (C=O) groups excluding carboxylic acids is 1. The number of nitrogens with one attached hydrogen (secondary N) is 1. The van der Waals surface area contributed by atoms with Crippen LogP contribution in [0, 0.1) is 13.8 Å². The molecule has 7 heteroatoms. The van der Waals surface area contributed by atoms with Gasteiger partial charge in [-0.15, -0.1) is 10.2 Å². The lowest BCUT2D eigenvalue weighted by atomic mass is 10.1. The highest BCUT2D eigenvalue weighted by Gasteiger charge is 2.21. The van der Waals surface area contributed by atoms with Crippen molar-refractivity contribution in [2.24, 2.45) is 0 Å². The van der Waals surface area contributed by atoms with Gasteiger partial charge in [-0.2, -0.15) is 5.10 Å². The van der Waals surface area contributed by atoms with Gasteiger partial charge in [0.25, 0.3) is 5.89 Å². The molecule has 4 aromatic rings. The van der Waals surface area contributed by atoms with E-state index in [-0.39, 0.29) is 11.6 Å². The highest BCUT2D eigenvalue weighted by molar-refractivity contribution is 5.88. The number of aromatic nitrogens is 4. The summed E-state index contributed by atoms with van der Waals surface area (Å²) in [7, 11) is 0. The molecule has 2 aromatic heterocycles. The lowest BCUT2D eigenvalue weighted by Crippen LogP contribution is -2.10. The van der Waals surface area contributed by atoms with E-state index in [1.54, 1.807) is 13.0 Å². The van der Waals surface area contributed by atoms with Gasteiger partial charge in [0.2, 0.25) is 5.89 Å². The van der Waals surface area contributed by atoms with Crippen LogP contribution in [-0.4, -0.2) is 26.4 Å². The number of esters is 1. The van der Waals surface area contributed by atoms with E-state index in [2.05, 4.69) is 20.4 Å². The van der Waals surface area contributed by atoms with Crippen molar-refractivity contribution >= 4 is 5.97 Å². The topological polar surface area (TPSA) is 93.9 Å². The average molecular weight is 388 g/mol. The molecule has 7 nitrogen and oxygen atoms in total. The number of nitrogens with zero attached hydrogens (tertiary/aromatic N) is 3. The number of hydrogen-bond donors (Lipinski definition) is 1. The van der Waals surface area contributed by atoms with E-state index in [0.717, 1.165) is 22.3 Å². The van der Waals surface area contributed by atoms with Crippen molar-refractivity contribution in [3.8, 4) is 22.7 Å². The van der Waals surface area contributed by atoms with Crippen molar-refractivity contribution < 1.29 is 13.9 Å². The maximum Gasteiger partial charge on any atom is 0.357 e. The summed E-state index contributed by atoms with van der Waals surface area (Å²) in [4.78, 5) is 12.5. The normalized spacial score (nSPS) is 12.0. The summed E-state index contributed by atoms with van der Waals surface area (Å²) in [5, 5.41) is 15.0. The summed E-state index contributed by atoms with van der Waals surface area (Å²) >= 11 is 0. The molecule has 2 aromatic carbocycles. The summed E-state index contributed by atoms with van der Waals surface area (Å²) in [5.41, 5.74) is 4.94. The van der Waals surface area contributed by atoms with Gasteiger partial charge < -0.3 is 9.15 Å². The van der Waals surface area contributed by atoms with E-state index >= 15 is 0 Å². The molecule has 1 atom stereocenters. The Kier molecular flexibility index (Phi) is 4.95. The molecule has 0 aliphatic rings. The van der Waals surface area contributed by atoms with Gasteiger partial charge in [-0.1, -0.05) is 47.5 Å². The Balaban J connectivity index is 1.45. The number of carbonyl (C=O) groups is 1. The lowest BCUT2D eigenvalue weighted by molar-refractivity contribution is 0.0273.